The van der Waals surface area contributed by atoms with Gasteiger partial charge in [0.25, 0.3) is 0 Å². The highest BCUT2D eigenvalue weighted by Crippen LogP contribution is 2.19. The number of nitrogens with one attached hydrogen (secondary N) is 1. The van der Waals surface area contributed by atoms with Crippen molar-refractivity contribution in [2.75, 3.05) is 5.32 Å². The molecule has 0 aliphatic rings. The molecule has 0 bridgehead atoms. The second-order valence-electron chi connectivity index (χ2n) is 4.32. The summed E-state index contributed by atoms with van der Waals surface area (Å²) in [5, 5.41) is 4.61. The fraction of sp³-hybridized carbons (Fsp3) is 0.143. The predicted molar refractivity (Wildman–Crippen MR) is 79.2 cm³/mol. The molecule has 1 aromatic carbocycles. The van der Waals surface area contributed by atoms with E-state index in [0.717, 1.165) is 10.4 Å². The second kappa shape index (κ2) is 6.31. The van der Waals surface area contributed by atoms with Crippen LogP contribution < -0.4 is 16.8 Å². The summed E-state index contributed by atoms with van der Waals surface area (Å²) in [6, 6.07) is 9.93. The lowest BCUT2D eigenvalue weighted by Gasteiger charge is -2.11. The van der Waals surface area contributed by atoms with Crippen LogP contribution in [0.25, 0.3) is 0 Å². The summed E-state index contributed by atoms with van der Waals surface area (Å²) < 4.78 is 0. The second-order valence-corrected chi connectivity index (χ2v) is 5.30. The zero-order chi connectivity index (χ0) is 14.5. The molecule has 2 aromatic rings. The minimum Gasteiger partial charge on any atom is -0.369 e. The number of anilines is 1. The average Bonchev–Trinajstić information content (AvgIpc) is 2.93. The molecular formula is C14H15N3O2S. The van der Waals surface area contributed by atoms with Gasteiger partial charge in [0.15, 0.2) is 0 Å². The summed E-state index contributed by atoms with van der Waals surface area (Å²) >= 11 is 1.44. The minimum absolute atomic E-state index is 0.183. The molecule has 2 amide bonds. The van der Waals surface area contributed by atoms with Crippen molar-refractivity contribution in [2.45, 2.75) is 12.5 Å². The fourth-order valence-electron chi connectivity index (χ4n) is 1.72. The van der Waals surface area contributed by atoms with Crippen LogP contribution in [0.4, 0.5) is 5.69 Å². The first-order valence-corrected chi connectivity index (χ1v) is 6.91. The van der Waals surface area contributed by atoms with Crippen molar-refractivity contribution in [2.24, 2.45) is 11.5 Å². The number of hydrogen-bond donors (Lipinski definition) is 3. The number of rotatable bonds is 5. The molecule has 20 heavy (non-hydrogen) atoms. The van der Waals surface area contributed by atoms with Crippen LogP contribution in [0.15, 0.2) is 41.8 Å². The maximum atomic E-state index is 12.0. The zero-order valence-electron chi connectivity index (χ0n) is 10.7. The Bertz CT molecular complexity index is 593. The molecule has 0 aliphatic carbocycles. The Labute approximate surface area is 120 Å². The van der Waals surface area contributed by atoms with Crippen LogP contribution in [-0.4, -0.2) is 11.8 Å². The van der Waals surface area contributed by atoms with Crippen molar-refractivity contribution in [3.63, 3.8) is 0 Å². The fourth-order valence-corrected chi connectivity index (χ4v) is 2.45. The summed E-state index contributed by atoms with van der Waals surface area (Å²) in [6.07, 6.45) is 0.183. The number of carbonyl (C=O) groups is 2. The van der Waals surface area contributed by atoms with Gasteiger partial charge in [-0.2, -0.15) is 0 Å². The van der Waals surface area contributed by atoms with Gasteiger partial charge in [0.1, 0.15) is 6.04 Å². The van der Waals surface area contributed by atoms with Crippen molar-refractivity contribution in [3.8, 4) is 0 Å². The van der Waals surface area contributed by atoms with Crippen LogP contribution in [-0.2, 0) is 16.0 Å². The van der Waals surface area contributed by atoms with Crippen LogP contribution in [0, 0.1) is 0 Å². The molecule has 5 nitrogen and oxygen atoms in total. The molecule has 1 aromatic heterocycles. The first-order valence-electron chi connectivity index (χ1n) is 6.03. The standard InChI is InChI=1S/C14H15N3O2S/c15-12(18)8-9-3-5-10(6-4-9)17-14(19)13(16)11-2-1-7-20-11/h1-7,13H,8,16H2,(H2,15,18)(H,17,19). The molecule has 5 N–H and O–H groups in total. The number of carbonyl (C=O) groups excluding carboxylic acids is 2. The third kappa shape index (κ3) is 3.66. The van der Waals surface area contributed by atoms with Gasteiger partial charge in [0, 0.05) is 10.6 Å². The molecule has 0 spiro atoms. The van der Waals surface area contributed by atoms with E-state index < -0.39 is 6.04 Å². The van der Waals surface area contributed by atoms with Gasteiger partial charge in [0.05, 0.1) is 6.42 Å². The van der Waals surface area contributed by atoms with Crippen molar-refractivity contribution < 1.29 is 9.59 Å². The van der Waals surface area contributed by atoms with Gasteiger partial charge in [-0.15, -0.1) is 11.3 Å². The maximum absolute atomic E-state index is 12.0. The van der Waals surface area contributed by atoms with Crippen molar-refractivity contribution in [1.29, 1.82) is 0 Å². The largest absolute Gasteiger partial charge is 0.369 e. The molecule has 1 unspecified atom stereocenters. The van der Waals surface area contributed by atoms with Crippen molar-refractivity contribution in [1.82, 2.24) is 0 Å². The van der Waals surface area contributed by atoms with Crippen LogP contribution in [0.5, 0.6) is 0 Å². The quantitative estimate of drug-likeness (QED) is 0.776. The van der Waals surface area contributed by atoms with Gasteiger partial charge in [-0.05, 0) is 29.1 Å². The van der Waals surface area contributed by atoms with Gasteiger partial charge >= 0.3 is 0 Å². The predicted octanol–water partition coefficient (Wildman–Crippen LogP) is 1.41. The average molecular weight is 289 g/mol. The Morgan fingerprint density at radius 1 is 1.20 bits per heavy atom. The number of thiophene rings is 1. The van der Waals surface area contributed by atoms with Crippen LogP contribution in [0.3, 0.4) is 0 Å². The Kier molecular flexibility index (Phi) is 4.49. The van der Waals surface area contributed by atoms with E-state index in [2.05, 4.69) is 5.32 Å². The lowest BCUT2D eigenvalue weighted by atomic mass is 10.1. The van der Waals surface area contributed by atoms with Gasteiger partial charge in [0.2, 0.25) is 11.8 Å². The molecular weight excluding hydrogens is 274 g/mol. The molecule has 6 heteroatoms. The van der Waals surface area contributed by atoms with E-state index in [9.17, 15) is 9.59 Å². The molecule has 2 rings (SSSR count). The van der Waals surface area contributed by atoms with Crippen molar-refractivity contribution in [3.05, 3.63) is 52.2 Å². The Morgan fingerprint density at radius 2 is 1.90 bits per heavy atom. The number of benzene rings is 1. The smallest absolute Gasteiger partial charge is 0.246 e. The van der Waals surface area contributed by atoms with E-state index in [4.69, 9.17) is 11.5 Å². The van der Waals surface area contributed by atoms with Crippen molar-refractivity contribution >= 4 is 28.8 Å². The van der Waals surface area contributed by atoms with E-state index in [1.54, 1.807) is 24.3 Å². The lowest BCUT2D eigenvalue weighted by Crippen LogP contribution is -2.26. The monoisotopic (exact) mass is 289 g/mol. The van der Waals surface area contributed by atoms with E-state index in [1.807, 2.05) is 17.5 Å². The molecule has 0 saturated heterocycles. The number of hydrogen-bond acceptors (Lipinski definition) is 4. The molecule has 0 fully saturated rings. The number of primary amides is 1. The first-order chi connectivity index (χ1) is 9.56. The molecule has 1 atom stereocenters. The van der Waals surface area contributed by atoms with E-state index in [1.165, 1.54) is 11.3 Å². The third-order valence-corrected chi connectivity index (χ3v) is 3.69. The van der Waals surface area contributed by atoms with Gasteiger partial charge in [-0.3, -0.25) is 9.59 Å². The number of nitrogens with two attached hydrogens (primary N) is 2. The molecule has 104 valence electrons. The van der Waals surface area contributed by atoms with Crippen LogP contribution in [0.2, 0.25) is 0 Å². The number of amides is 2. The summed E-state index contributed by atoms with van der Waals surface area (Å²) in [5.41, 5.74) is 12.4. The molecule has 0 aliphatic heterocycles. The van der Waals surface area contributed by atoms with Gasteiger partial charge < -0.3 is 16.8 Å². The topological polar surface area (TPSA) is 98.2 Å². The molecule has 0 saturated carbocycles. The first kappa shape index (κ1) is 14.2. The van der Waals surface area contributed by atoms with E-state index in [-0.39, 0.29) is 18.2 Å². The highest BCUT2D eigenvalue weighted by atomic mass is 32.1. The highest BCUT2D eigenvalue weighted by Gasteiger charge is 2.16. The third-order valence-electron chi connectivity index (χ3n) is 2.73. The SMILES string of the molecule is NC(=O)Cc1ccc(NC(=O)C(N)c2cccs2)cc1. The summed E-state index contributed by atoms with van der Waals surface area (Å²) in [5.74, 6) is -0.656. The normalized spacial score (nSPS) is 11.8. The summed E-state index contributed by atoms with van der Waals surface area (Å²) in [7, 11) is 0. The Hall–Kier alpha value is -2.18. The zero-order valence-corrected chi connectivity index (χ0v) is 11.5. The summed E-state index contributed by atoms with van der Waals surface area (Å²) in [6.45, 7) is 0. The molecule has 0 radical (unpaired) electrons. The van der Waals surface area contributed by atoms with Gasteiger partial charge in [-0.25, -0.2) is 0 Å². The van der Waals surface area contributed by atoms with Crippen LogP contribution in [0.1, 0.15) is 16.5 Å². The highest BCUT2D eigenvalue weighted by molar-refractivity contribution is 7.10. The summed E-state index contributed by atoms with van der Waals surface area (Å²) in [4.78, 5) is 23.6. The van der Waals surface area contributed by atoms with E-state index in [0.29, 0.717) is 5.69 Å². The van der Waals surface area contributed by atoms with Crippen LogP contribution >= 0.6 is 11.3 Å². The Balaban J connectivity index is 1.99. The van der Waals surface area contributed by atoms with Gasteiger partial charge in [-0.1, -0.05) is 18.2 Å². The lowest BCUT2D eigenvalue weighted by molar-refractivity contribution is -0.118. The molecule has 1 heterocycles. The minimum atomic E-state index is -0.680. The Morgan fingerprint density at radius 3 is 2.45 bits per heavy atom. The van der Waals surface area contributed by atoms with E-state index >= 15 is 0 Å². The maximum Gasteiger partial charge on any atom is 0.246 e.